The number of aromatic nitrogens is 2. The molecule has 2 heterocycles. The van der Waals surface area contributed by atoms with E-state index in [2.05, 4.69) is 10.4 Å². The zero-order valence-corrected chi connectivity index (χ0v) is 11.1. The molecule has 0 spiro atoms. The van der Waals surface area contributed by atoms with Crippen LogP contribution in [0, 0.1) is 12.8 Å². The highest BCUT2D eigenvalue weighted by molar-refractivity contribution is 5.90. The van der Waals surface area contributed by atoms with Gasteiger partial charge in [0, 0.05) is 26.3 Å². The number of rotatable bonds is 2. The minimum absolute atomic E-state index is 0.262. The van der Waals surface area contributed by atoms with E-state index >= 15 is 0 Å². The number of anilines is 1. The van der Waals surface area contributed by atoms with E-state index in [1.807, 2.05) is 6.92 Å². The lowest BCUT2D eigenvalue weighted by Gasteiger charge is -2.30. The van der Waals surface area contributed by atoms with Gasteiger partial charge in [-0.05, 0) is 19.8 Å². The molecule has 1 saturated heterocycles. The average molecular weight is 266 g/mol. The molecule has 0 aromatic carbocycles. The van der Waals surface area contributed by atoms with Gasteiger partial charge in [0.1, 0.15) is 0 Å². The van der Waals surface area contributed by atoms with Crippen LogP contribution >= 0.6 is 0 Å². The zero-order chi connectivity index (χ0) is 14.0. The maximum atomic E-state index is 12.1. The summed E-state index contributed by atoms with van der Waals surface area (Å²) in [4.78, 5) is 24.6. The number of likely N-dealkylation sites (tertiary alicyclic amines) is 1. The summed E-state index contributed by atoms with van der Waals surface area (Å²) in [5.74, 6) is -1.30. The lowest BCUT2D eigenvalue weighted by molar-refractivity contribution is -0.143. The largest absolute Gasteiger partial charge is 0.481 e. The number of nitrogens with zero attached hydrogens (tertiary/aromatic N) is 3. The third kappa shape index (κ3) is 3.04. The van der Waals surface area contributed by atoms with Crippen molar-refractivity contribution in [3.63, 3.8) is 0 Å². The van der Waals surface area contributed by atoms with E-state index in [0.717, 1.165) is 12.1 Å². The molecular weight excluding hydrogens is 248 g/mol. The first-order valence-electron chi connectivity index (χ1n) is 6.26. The van der Waals surface area contributed by atoms with Crippen molar-refractivity contribution in [3.8, 4) is 0 Å². The molecular formula is C12H18N4O3. The van der Waals surface area contributed by atoms with Crippen LogP contribution in [0.15, 0.2) is 6.20 Å². The van der Waals surface area contributed by atoms with Crippen LogP contribution in [0.25, 0.3) is 0 Å². The predicted molar refractivity (Wildman–Crippen MR) is 68.9 cm³/mol. The second-order valence-electron chi connectivity index (χ2n) is 4.86. The molecule has 1 atom stereocenters. The van der Waals surface area contributed by atoms with Crippen molar-refractivity contribution in [1.82, 2.24) is 14.7 Å². The number of carboxylic acid groups (broad SMARTS) is 1. The molecule has 1 fully saturated rings. The number of aryl methyl sites for hydroxylation is 2. The fourth-order valence-corrected chi connectivity index (χ4v) is 2.28. The van der Waals surface area contributed by atoms with Gasteiger partial charge in [-0.15, -0.1) is 0 Å². The first kappa shape index (κ1) is 13.4. The third-order valence-corrected chi connectivity index (χ3v) is 3.31. The van der Waals surface area contributed by atoms with Gasteiger partial charge < -0.3 is 15.3 Å². The Labute approximate surface area is 111 Å². The van der Waals surface area contributed by atoms with Crippen molar-refractivity contribution in [2.45, 2.75) is 19.8 Å². The van der Waals surface area contributed by atoms with Gasteiger partial charge in [0.05, 0.1) is 17.3 Å². The molecule has 1 aromatic rings. The number of aliphatic carboxylic acids is 1. The number of hydrogen-bond donors (Lipinski definition) is 2. The quantitative estimate of drug-likeness (QED) is 0.837. The van der Waals surface area contributed by atoms with Gasteiger partial charge in [-0.1, -0.05) is 0 Å². The molecule has 1 aliphatic rings. The van der Waals surface area contributed by atoms with Crippen molar-refractivity contribution < 1.29 is 14.7 Å². The monoisotopic (exact) mass is 266 g/mol. The third-order valence-electron chi connectivity index (χ3n) is 3.31. The van der Waals surface area contributed by atoms with Crippen LogP contribution in [0.4, 0.5) is 10.5 Å². The van der Waals surface area contributed by atoms with Gasteiger partial charge in [0.25, 0.3) is 0 Å². The summed E-state index contributed by atoms with van der Waals surface area (Å²) >= 11 is 0. The van der Waals surface area contributed by atoms with Crippen molar-refractivity contribution in [3.05, 3.63) is 11.9 Å². The fraction of sp³-hybridized carbons (Fsp3) is 0.583. The van der Waals surface area contributed by atoms with Gasteiger partial charge in [-0.2, -0.15) is 5.10 Å². The Morgan fingerprint density at radius 2 is 2.26 bits per heavy atom. The minimum Gasteiger partial charge on any atom is -0.481 e. The average Bonchev–Trinajstić information content (AvgIpc) is 2.68. The van der Waals surface area contributed by atoms with E-state index in [1.165, 1.54) is 0 Å². The minimum atomic E-state index is -0.838. The molecule has 0 saturated carbocycles. The summed E-state index contributed by atoms with van der Waals surface area (Å²) in [7, 11) is 1.78. The van der Waals surface area contributed by atoms with Gasteiger partial charge in [-0.25, -0.2) is 4.79 Å². The topological polar surface area (TPSA) is 87.5 Å². The number of carboxylic acids is 1. The maximum Gasteiger partial charge on any atom is 0.321 e. The molecule has 0 bridgehead atoms. The Balaban J connectivity index is 2.00. The van der Waals surface area contributed by atoms with Crippen LogP contribution in [-0.2, 0) is 11.8 Å². The van der Waals surface area contributed by atoms with Crippen molar-refractivity contribution in [2.75, 3.05) is 18.4 Å². The molecule has 0 unspecified atom stereocenters. The molecule has 2 amide bonds. The first-order valence-corrected chi connectivity index (χ1v) is 6.26. The molecule has 1 aliphatic heterocycles. The molecule has 7 heteroatoms. The Morgan fingerprint density at radius 1 is 1.53 bits per heavy atom. The second-order valence-corrected chi connectivity index (χ2v) is 4.86. The summed E-state index contributed by atoms with van der Waals surface area (Å²) < 4.78 is 1.63. The number of urea groups is 1. The molecule has 0 radical (unpaired) electrons. The number of carbonyl (C=O) groups is 2. The molecule has 7 nitrogen and oxygen atoms in total. The summed E-state index contributed by atoms with van der Waals surface area (Å²) in [5, 5.41) is 15.9. The number of piperidine rings is 1. The molecule has 2 N–H and O–H groups in total. The van der Waals surface area contributed by atoms with E-state index < -0.39 is 11.9 Å². The van der Waals surface area contributed by atoms with E-state index in [0.29, 0.717) is 18.7 Å². The normalized spacial score (nSPS) is 19.3. The highest BCUT2D eigenvalue weighted by Crippen LogP contribution is 2.18. The molecule has 19 heavy (non-hydrogen) atoms. The van der Waals surface area contributed by atoms with E-state index in [1.54, 1.807) is 22.8 Å². The lowest BCUT2D eigenvalue weighted by atomic mass is 9.99. The van der Waals surface area contributed by atoms with Crippen molar-refractivity contribution >= 4 is 17.7 Å². The lowest BCUT2D eigenvalue weighted by Crippen LogP contribution is -2.44. The van der Waals surface area contributed by atoms with Gasteiger partial charge in [-0.3, -0.25) is 9.48 Å². The standard InChI is InChI=1S/C12H18N4O3/c1-8-10(7-15(2)14-8)13-12(19)16-5-3-4-9(6-16)11(17)18/h7,9H,3-6H2,1-2H3,(H,13,19)(H,17,18)/t9-/m0/s1. The zero-order valence-electron chi connectivity index (χ0n) is 11.1. The van der Waals surface area contributed by atoms with Gasteiger partial charge in [0.2, 0.25) is 0 Å². The predicted octanol–water partition coefficient (Wildman–Crippen LogP) is 1.06. The van der Waals surface area contributed by atoms with Crippen LogP contribution in [0.2, 0.25) is 0 Å². The summed E-state index contributed by atoms with van der Waals surface area (Å²) in [6.07, 6.45) is 3.08. The van der Waals surface area contributed by atoms with Gasteiger partial charge >= 0.3 is 12.0 Å². The van der Waals surface area contributed by atoms with Crippen LogP contribution in [0.3, 0.4) is 0 Å². The van der Waals surface area contributed by atoms with Crippen molar-refractivity contribution in [2.24, 2.45) is 13.0 Å². The van der Waals surface area contributed by atoms with E-state index in [4.69, 9.17) is 5.11 Å². The Morgan fingerprint density at radius 3 is 2.84 bits per heavy atom. The number of carbonyl (C=O) groups excluding carboxylic acids is 1. The Kier molecular flexibility index (Phi) is 3.73. The fourth-order valence-electron chi connectivity index (χ4n) is 2.28. The molecule has 104 valence electrons. The van der Waals surface area contributed by atoms with Crippen LogP contribution in [0.1, 0.15) is 18.5 Å². The van der Waals surface area contributed by atoms with E-state index in [9.17, 15) is 9.59 Å². The molecule has 0 aliphatic carbocycles. The highest BCUT2D eigenvalue weighted by atomic mass is 16.4. The Hall–Kier alpha value is -2.05. The van der Waals surface area contributed by atoms with E-state index in [-0.39, 0.29) is 12.6 Å². The molecule has 2 rings (SSSR count). The first-order chi connectivity index (χ1) is 8.97. The number of hydrogen-bond acceptors (Lipinski definition) is 3. The second kappa shape index (κ2) is 5.29. The van der Waals surface area contributed by atoms with Crippen molar-refractivity contribution in [1.29, 1.82) is 0 Å². The molecule has 1 aromatic heterocycles. The highest BCUT2D eigenvalue weighted by Gasteiger charge is 2.28. The van der Waals surface area contributed by atoms with Crippen LogP contribution in [-0.4, -0.2) is 44.9 Å². The SMILES string of the molecule is Cc1nn(C)cc1NC(=O)N1CCC[C@H](C(=O)O)C1. The van der Waals surface area contributed by atoms with Crippen LogP contribution < -0.4 is 5.32 Å². The summed E-state index contributed by atoms with van der Waals surface area (Å²) in [6, 6.07) is -0.262. The van der Waals surface area contributed by atoms with Crippen LogP contribution in [0.5, 0.6) is 0 Å². The number of amides is 2. The number of nitrogens with one attached hydrogen (secondary N) is 1. The van der Waals surface area contributed by atoms with Gasteiger partial charge in [0.15, 0.2) is 0 Å². The Bertz CT molecular complexity index is 497. The summed E-state index contributed by atoms with van der Waals surface area (Å²) in [6.45, 7) is 2.67. The maximum absolute atomic E-state index is 12.1. The summed E-state index contributed by atoms with van der Waals surface area (Å²) in [5.41, 5.74) is 1.40. The smallest absolute Gasteiger partial charge is 0.321 e.